The molecule has 1 saturated carbocycles. The van der Waals surface area contributed by atoms with Crippen molar-refractivity contribution in [2.75, 3.05) is 0 Å². The maximum absolute atomic E-state index is 10.1. The van der Waals surface area contributed by atoms with Crippen LogP contribution in [0.5, 0.6) is 0 Å². The van der Waals surface area contributed by atoms with Crippen molar-refractivity contribution in [3.63, 3.8) is 0 Å². The molecule has 0 bridgehead atoms. The summed E-state index contributed by atoms with van der Waals surface area (Å²) in [6.45, 7) is 0. The third kappa shape index (κ3) is 6.81. The summed E-state index contributed by atoms with van der Waals surface area (Å²) in [7, 11) is 0. The highest BCUT2D eigenvalue weighted by Gasteiger charge is 2.13. The number of aldehydes is 1. The molecule has 0 saturated heterocycles. The van der Waals surface area contributed by atoms with Crippen LogP contribution >= 0.6 is 0 Å². The Bertz CT molecular complexity index is 190. The van der Waals surface area contributed by atoms with Gasteiger partial charge in [-0.05, 0) is 25.2 Å². The predicted octanol–water partition coefficient (Wildman–Crippen LogP) is 4.66. The summed E-state index contributed by atoms with van der Waals surface area (Å²) in [5, 5.41) is 0. The number of carbonyl (C=O) groups is 1. The van der Waals surface area contributed by atoms with Gasteiger partial charge in [0.05, 0.1) is 0 Å². The number of hydrogen-bond acceptors (Lipinski definition) is 1. The van der Waals surface area contributed by atoms with E-state index in [0.29, 0.717) is 6.42 Å². The average Bonchev–Trinajstić information content (AvgIpc) is 2.80. The molecule has 0 aromatic carbocycles. The quantitative estimate of drug-likeness (QED) is 0.315. The molecule has 1 nitrogen and oxygen atoms in total. The Morgan fingerprint density at radius 1 is 0.875 bits per heavy atom. The van der Waals surface area contributed by atoms with Gasteiger partial charge < -0.3 is 4.79 Å². The molecule has 0 N–H and O–H groups in total. The molecule has 0 aromatic rings. The molecular formula is C15H26O. The van der Waals surface area contributed by atoms with Gasteiger partial charge in [0, 0.05) is 6.42 Å². The van der Waals surface area contributed by atoms with Gasteiger partial charge in [0.25, 0.3) is 0 Å². The van der Waals surface area contributed by atoms with E-state index in [9.17, 15) is 4.79 Å². The molecule has 0 heterocycles. The van der Waals surface area contributed by atoms with Gasteiger partial charge in [0.2, 0.25) is 0 Å². The first kappa shape index (κ1) is 13.5. The van der Waals surface area contributed by atoms with E-state index >= 15 is 0 Å². The van der Waals surface area contributed by atoms with E-state index in [1.165, 1.54) is 57.8 Å². The zero-order valence-electron chi connectivity index (χ0n) is 10.5. The van der Waals surface area contributed by atoms with E-state index < -0.39 is 0 Å². The minimum absolute atomic E-state index is 0.679. The zero-order chi connectivity index (χ0) is 11.5. The largest absolute Gasteiger partial charge is 0.303 e. The van der Waals surface area contributed by atoms with Crippen molar-refractivity contribution in [1.29, 1.82) is 0 Å². The van der Waals surface area contributed by atoms with Gasteiger partial charge in [-0.25, -0.2) is 0 Å². The summed E-state index contributed by atoms with van der Waals surface area (Å²) in [5.74, 6) is 1.06. The van der Waals surface area contributed by atoms with E-state index in [0.717, 1.165) is 18.6 Å². The van der Waals surface area contributed by atoms with Gasteiger partial charge in [0.15, 0.2) is 0 Å². The summed E-state index contributed by atoms with van der Waals surface area (Å²) in [6, 6.07) is 0. The van der Waals surface area contributed by atoms with Crippen LogP contribution in [0.2, 0.25) is 0 Å². The lowest BCUT2D eigenvalue weighted by Gasteiger charge is -2.07. The fourth-order valence-electron chi connectivity index (χ4n) is 2.57. The van der Waals surface area contributed by atoms with Gasteiger partial charge in [0.1, 0.15) is 6.29 Å². The molecule has 16 heavy (non-hydrogen) atoms. The fraction of sp³-hybridized carbons (Fsp3) is 0.800. The molecule has 0 atom stereocenters. The first-order valence-electron chi connectivity index (χ1n) is 7.02. The van der Waals surface area contributed by atoms with Crippen LogP contribution in [0.15, 0.2) is 12.2 Å². The van der Waals surface area contributed by atoms with E-state index in [2.05, 4.69) is 12.2 Å². The molecule has 1 aliphatic carbocycles. The zero-order valence-corrected chi connectivity index (χ0v) is 10.5. The van der Waals surface area contributed by atoms with Crippen molar-refractivity contribution < 1.29 is 4.79 Å². The standard InChI is InChI=1S/C15H26O/c16-14-10-6-4-2-1-3-5-7-11-15-12-8-9-13-15/h2,4,14-15H,1,3,5-13H2/b4-2+. The highest BCUT2D eigenvalue weighted by atomic mass is 16.1. The molecule has 0 aromatic heterocycles. The van der Waals surface area contributed by atoms with E-state index in [-0.39, 0.29) is 0 Å². The normalized spacial score (nSPS) is 17.2. The number of allylic oxidation sites excluding steroid dienone is 2. The van der Waals surface area contributed by atoms with Crippen LogP contribution in [0.4, 0.5) is 0 Å². The highest BCUT2D eigenvalue weighted by molar-refractivity contribution is 5.49. The molecule has 1 heteroatoms. The number of carbonyl (C=O) groups excluding carboxylic acids is 1. The Kier molecular flexibility index (Phi) is 8.10. The van der Waals surface area contributed by atoms with E-state index in [1.54, 1.807) is 0 Å². The monoisotopic (exact) mass is 222 g/mol. The minimum Gasteiger partial charge on any atom is -0.303 e. The first-order chi connectivity index (χ1) is 7.93. The highest BCUT2D eigenvalue weighted by Crippen LogP contribution is 2.29. The van der Waals surface area contributed by atoms with Crippen LogP contribution in [0.25, 0.3) is 0 Å². The molecule has 0 unspecified atom stereocenters. The number of rotatable bonds is 9. The maximum Gasteiger partial charge on any atom is 0.120 e. The lowest BCUT2D eigenvalue weighted by atomic mass is 9.99. The summed E-state index contributed by atoms with van der Waals surface area (Å²) in [6.07, 6.45) is 19.7. The van der Waals surface area contributed by atoms with Gasteiger partial charge >= 0.3 is 0 Å². The van der Waals surface area contributed by atoms with Crippen LogP contribution in [-0.4, -0.2) is 6.29 Å². The average molecular weight is 222 g/mol. The van der Waals surface area contributed by atoms with Crippen molar-refractivity contribution in [2.24, 2.45) is 5.92 Å². The minimum atomic E-state index is 0.679. The number of hydrogen-bond donors (Lipinski definition) is 0. The van der Waals surface area contributed by atoms with Crippen LogP contribution < -0.4 is 0 Å². The SMILES string of the molecule is O=CCC/C=C/CCCCCC1CCCC1. The second kappa shape index (κ2) is 9.62. The molecule has 0 spiro atoms. The molecule has 92 valence electrons. The van der Waals surface area contributed by atoms with Crippen molar-refractivity contribution in [3.8, 4) is 0 Å². The lowest BCUT2D eigenvalue weighted by Crippen LogP contribution is -1.92. The summed E-state index contributed by atoms with van der Waals surface area (Å²) in [5.41, 5.74) is 0. The second-order valence-corrected chi connectivity index (χ2v) is 5.00. The summed E-state index contributed by atoms with van der Waals surface area (Å²) >= 11 is 0. The van der Waals surface area contributed by atoms with Crippen molar-refractivity contribution in [3.05, 3.63) is 12.2 Å². The molecule has 0 aliphatic heterocycles. The Balaban J connectivity index is 1.80. The second-order valence-electron chi connectivity index (χ2n) is 5.00. The molecule has 1 rings (SSSR count). The van der Waals surface area contributed by atoms with Gasteiger partial charge in [-0.1, -0.05) is 57.1 Å². The smallest absolute Gasteiger partial charge is 0.120 e. The lowest BCUT2D eigenvalue weighted by molar-refractivity contribution is -0.107. The summed E-state index contributed by atoms with van der Waals surface area (Å²) < 4.78 is 0. The van der Waals surface area contributed by atoms with E-state index in [1.807, 2.05) is 0 Å². The van der Waals surface area contributed by atoms with Crippen LogP contribution in [0, 0.1) is 5.92 Å². The van der Waals surface area contributed by atoms with Crippen LogP contribution in [0.1, 0.15) is 70.6 Å². The molecule has 1 aliphatic rings. The Hall–Kier alpha value is -0.590. The molecule has 1 fully saturated rings. The Labute approximate surface area is 100 Å². The third-order valence-corrected chi connectivity index (χ3v) is 3.58. The molecular weight excluding hydrogens is 196 g/mol. The van der Waals surface area contributed by atoms with Crippen LogP contribution in [0.3, 0.4) is 0 Å². The van der Waals surface area contributed by atoms with Crippen molar-refractivity contribution in [2.45, 2.75) is 70.6 Å². The number of unbranched alkanes of at least 4 members (excludes halogenated alkanes) is 4. The fourth-order valence-corrected chi connectivity index (χ4v) is 2.57. The Morgan fingerprint density at radius 3 is 2.38 bits per heavy atom. The summed E-state index contributed by atoms with van der Waals surface area (Å²) in [4.78, 5) is 10.1. The van der Waals surface area contributed by atoms with Crippen molar-refractivity contribution in [1.82, 2.24) is 0 Å². The Morgan fingerprint density at radius 2 is 1.62 bits per heavy atom. The van der Waals surface area contributed by atoms with Gasteiger partial charge in [-0.15, -0.1) is 0 Å². The molecule has 0 amide bonds. The van der Waals surface area contributed by atoms with Gasteiger partial charge in [-0.2, -0.15) is 0 Å². The first-order valence-corrected chi connectivity index (χ1v) is 7.02. The van der Waals surface area contributed by atoms with E-state index in [4.69, 9.17) is 0 Å². The maximum atomic E-state index is 10.1. The van der Waals surface area contributed by atoms with Crippen LogP contribution in [-0.2, 0) is 4.79 Å². The van der Waals surface area contributed by atoms with Gasteiger partial charge in [-0.3, -0.25) is 0 Å². The molecule has 0 radical (unpaired) electrons. The van der Waals surface area contributed by atoms with Crippen molar-refractivity contribution >= 4 is 6.29 Å². The third-order valence-electron chi connectivity index (χ3n) is 3.58. The predicted molar refractivity (Wildman–Crippen MR) is 69.5 cm³/mol. The topological polar surface area (TPSA) is 17.1 Å².